The van der Waals surface area contributed by atoms with Crippen LogP contribution in [0.2, 0.25) is 0 Å². The number of aromatic nitrogens is 2. The van der Waals surface area contributed by atoms with Crippen LogP contribution in [-0.4, -0.2) is 15.3 Å². The maximum absolute atomic E-state index is 6.30. The predicted molar refractivity (Wildman–Crippen MR) is 61.8 cm³/mol. The average molecular weight is 207 g/mol. The Labute approximate surface area is 91.7 Å². The summed E-state index contributed by atoms with van der Waals surface area (Å²) in [4.78, 5) is 0. The van der Waals surface area contributed by atoms with Crippen LogP contribution in [0.1, 0.15) is 52.1 Å². The van der Waals surface area contributed by atoms with E-state index in [0.717, 1.165) is 12.8 Å². The van der Waals surface area contributed by atoms with Crippen molar-refractivity contribution in [1.29, 1.82) is 0 Å². The third kappa shape index (κ3) is 1.59. The Balaban J connectivity index is 2.29. The highest BCUT2D eigenvalue weighted by Gasteiger charge is 2.52. The molecule has 84 valence electrons. The Morgan fingerprint density at radius 3 is 2.47 bits per heavy atom. The fourth-order valence-corrected chi connectivity index (χ4v) is 1.99. The maximum atomic E-state index is 6.30. The highest BCUT2D eigenvalue weighted by atomic mass is 15.3. The Kier molecular flexibility index (Phi) is 2.19. The molecule has 0 amide bonds. The molecule has 0 radical (unpaired) electrons. The van der Waals surface area contributed by atoms with Gasteiger partial charge in [0.05, 0.1) is 6.20 Å². The molecule has 0 spiro atoms. The van der Waals surface area contributed by atoms with Crippen molar-refractivity contribution in [2.24, 2.45) is 5.73 Å². The lowest BCUT2D eigenvalue weighted by molar-refractivity contribution is 0.390. The van der Waals surface area contributed by atoms with E-state index in [2.05, 4.69) is 39.0 Å². The molecule has 1 heterocycles. The van der Waals surface area contributed by atoms with Gasteiger partial charge in [0.15, 0.2) is 0 Å². The summed E-state index contributed by atoms with van der Waals surface area (Å²) in [6.45, 7) is 8.72. The van der Waals surface area contributed by atoms with Crippen LogP contribution in [0.25, 0.3) is 0 Å². The Hall–Kier alpha value is -0.830. The summed E-state index contributed by atoms with van der Waals surface area (Å²) in [6.07, 6.45) is 6.37. The van der Waals surface area contributed by atoms with Gasteiger partial charge in [0.25, 0.3) is 0 Å². The molecule has 0 atom stereocenters. The van der Waals surface area contributed by atoms with E-state index in [1.54, 1.807) is 0 Å². The van der Waals surface area contributed by atoms with Crippen molar-refractivity contribution >= 4 is 0 Å². The molecule has 3 heteroatoms. The Bertz CT molecular complexity index is 359. The van der Waals surface area contributed by atoms with E-state index in [9.17, 15) is 0 Å². The molecule has 1 aliphatic carbocycles. The minimum Gasteiger partial charge on any atom is -0.324 e. The molecular formula is C12H21N3. The van der Waals surface area contributed by atoms with Gasteiger partial charge in [-0.1, -0.05) is 13.8 Å². The first-order chi connectivity index (χ1) is 6.87. The maximum Gasteiger partial charge on any atom is 0.0528 e. The number of nitrogens with zero attached hydrogens (tertiary/aromatic N) is 2. The van der Waals surface area contributed by atoms with Crippen molar-refractivity contribution in [2.75, 3.05) is 0 Å². The molecule has 0 aliphatic heterocycles. The lowest BCUT2D eigenvalue weighted by Crippen LogP contribution is -2.43. The van der Waals surface area contributed by atoms with Gasteiger partial charge in [-0.25, -0.2) is 0 Å². The Morgan fingerprint density at radius 1 is 1.47 bits per heavy atom. The van der Waals surface area contributed by atoms with E-state index in [1.807, 2.05) is 10.9 Å². The molecule has 0 aromatic carbocycles. The molecule has 0 saturated heterocycles. The van der Waals surface area contributed by atoms with Gasteiger partial charge < -0.3 is 5.73 Å². The molecule has 15 heavy (non-hydrogen) atoms. The van der Waals surface area contributed by atoms with Gasteiger partial charge in [0.2, 0.25) is 0 Å². The average Bonchev–Trinajstić information content (AvgIpc) is 2.73. The molecular weight excluding hydrogens is 186 g/mol. The van der Waals surface area contributed by atoms with Crippen LogP contribution in [0.3, 0.4) is 0 Å². The van der Waals surface area contributed by atoms with E-state index in [0.29, 0.717) is 6.04 Å². The van der Waals surface area contributed by atoms with Gasteiger partial charge in [-0.2, -0.15) is 5.10 Å². The molecule has 3 nitrogen and oxygen atoms in total. The summed E-state index contributed by atoms with van der Waals surface area (Å²) in [5.41, 5.74) is 7.60. The molecule has 0 unspecified atom stereocenters. The topological polar surface area (TPSA) is 43.8 Å². The van der Waals surface area contributed by atoms with Crippen molar-refractivity contribution in [3.8, 4) is 0 Å². The zero-order chi connectivity index (χ0) is 11.3. The largest absolute Gasteiger partial charge is 0.324 e. The first kappa shape index (κ1) is 10.7. The molecule has 2 N–H and O–H groups in total. The van der Waals surface area contributed by atoms with Gasteiger partial charge in [-0.3, -0.25) is 4.68 Å². The molecule has 1 aromatic rings. The van der Waals surface area contributed by atoms with Crippen molar-refractivity contribution in [3.05, 3.63) is 18.0 Å². The number of hydrogen-bond acceptors (Lipinski definition) is 2. The first-order valence-electron chi connectivity index (χ1n) is 5.70. The third-order valence-corrected chi connectivity index (χ3v) is 3.89. The normalized spacial score (nSPS) is 19.6. The first-order valence-corrected chi connectivity index (χ1v) is 5.70. The van der Waals surface area contributed by atoms with Crippen molar-refractivity contribution in [1.82, 2.24) is 9.78 Å². The standard InChI is InChI=1S/C12H21N3/c1-9(2)15-8-10(7-14-15)11(3,4)12(13)5-6-12/h7-9H,5-6,13H2,1-4H3. The summed E-state index contributed by atoms with van der Waals surface area (Å²) in [5, 5.41) is 4.38. The van der Waals surface area contributed by atoms with E-state index in [1.165, 1.54) is 5.56 Å². The third-order valence-electron chi connectivity index (χ3n) is 3.89. The van der Waals surface area contributed by atoms with Crippen LogP contribution in [0.5, 0.6) is 0 Å². The lowest BCUT2D eigenvalue weighted by Gasteiger charge is -2.30. The van der Waals surface area contributed by atoms with E-state index in [4.69, 9.17) is 5.73 Å². The quantitative estimate of drug-likeness (QED) is 0.826. The number of hydrogen-bond donors (Lipinski definition) is 1. The minimum absolute atomic E-state index is 0.00214. The van der Waals surface area contributed by atoms with Crippen molar-refractivity contribution < 1.29 is 0 Å². The van der Waals surface area contributed by atoms with Crippen LogP contribution in [-0.2, 0) is 5.41 Å². The smallest absolute Gasteiger partial charge is 0.0528 e. The Morgan fingerprint density at radius 2 is 2.07 bits per heavy atom. The molecule has 2 rings (SSSR count). The predicted octanol–water partition coefficient (Wildman–Crippen LogP) is 2.23. The molecule has 1 fully saturated rings. The lowest BCUT2D eigenvalue weighted by atomic mass is 9.77. The number of rotatable bonds is 3. The van der Waals surface area contributed by atoms with Crippen molar-refractivity contribution in [2.45, 2.75) is 57.5 Å². The molecule has 0 bridgehead atoms. The highest BCUT2D eigenvalue weighted by molar-refractivity contribution is 5.29. The second-order valence-electron chi connectivity index (χ2n) is 5.58. The molecule has 1 aromatic heterocycles. The van der Waals surface area contributed by atoms with Gasteiger partial charge in [-0.05, 0) is 32.3 Å². The fourth-order valence-electron chi connectivity index (χ4n) is 1.99. The van der Waals surface area contributed by atoms with Crippen LogP contribution in [0.4, 0.5) is 0 Å². The molecule has 1 aliphatic rings. The summed E-state index contributed by atoms with van der Waals surface area (Å²) in [5.74, 6) is 0. The second-order valence-corrected chi connectivity index (χ2v) is 5.58. The summed E-state index contributed by atoms with van der Waals surface area (Å²) in [7, 11) is 0. The minimum atomic E-state index is -0.00214. The summed E-state index contributed by atoms with van der Waals surface area (Å²) >= 11 is 0. The molecule has 1 saturated carbocycles. The van der Waals surface area contributed by atoms with E-state index < -0.39 is 0 Å². The van der Waals surface area contributed by atoms with E-state index in [-0.39, 0.29) is 11.0 Å². The van der Waals surface area contributed by atoms with Crippen LogP contribution < -0.4 is 5.73 Å². The van der Waals surface area contributed by atoms with Gasteiger partial charge >= 0.3 is 0 Å². The van der Waals surface area contributed by atoms with Crippen molar-refractivity contribution in [3.63, 3.8) is 0 Å². The highest BCUT2D eigenvalue weighted by Crippen LogP contribution is 2.48. The zero-order valence-corrected chi connectivity index (χ0v) is 10.1. The van der Waals surface area contributed by atoms with Gasteiger partial charge in [0.1, 0.15) is 0 Å². The van der Waals surface area contributed by atoms with Crippen LogP contribution in [0, 0.1) is 0 Å². The summed E-state index contributed by atoms with van der Waals surface area (Å²) < 4.78 is 2.00. The van der Waals surface area contributed by atoms with Gasteiger partial charge in [-0.15, -0.1) is 0 Å². The fraction of sp³-hybridized carbons (Fsp3) is 0.750. The van der Waals surface area contributed by atoms with E-state index >= 15 is 0 Å². The number of nitrogens with two attached hydrogens (primary N) is 1. The monoisotopic (exact) mass is 207 g/mol. The van der Waals surface area contributed by atoms with Crippen LogP contribution >= 0.6 is 0 Å². The SMILES string of the molecule is CC(C)n1cc(C(C)(C)C2(N)CC2)cn1. The zero-order valence-electron chi connectivity index (χ0n) is 10.1. The summed E-state index contributed by atoms with van der Waals surface area (Å²) in [6, 6.07) is 0.419. The van der Waals surface area contributed by atoms with Crippen LogP contribution in [0.15, 0.2) is 12.4 Å². The van der Waals surface area contributed by atoms with Gasteiger partial charge in [0, 0.05) is 23.2 Å². The second kappa shape index (κ2) is 3.08.